The monoisotopic (exact) mass is 525 g/mol. The van der Waals surface area contributed by atoms with Crippen molar-refractivity contribution >= 4 is 8.25 Å². The van der Waals surface area contributed by atoms with Crippen LogP contribution in [0.15, 0.2) is 78.9 Å². The number of methoxy groups -OCH3 is 2. The Morgan fingerprint density at radius 1 is 0.865 bits per heavy atom. The SMILES string of the molecule is CCO[P+](=O)O[C@@H]1C[C@H](C)O[C@@H]1COC(c1ccccc1)(c1ccc(OC)cc1)c1ccc(OC)cc1. The molecular formula is C29H34O7P+. The van der Waals surface area contributed by atoms with Crippen molar-refractivity contribution in [3.05, 3.63) is 95.6 Å². The number of hydrogen-bond acceptors (Lipinski definition) is 7. The van der Waals surface area contributed by atoms with Crippen molar-refractivity contribution in [2.24, 2.45) is 0 Å². The highest BCUT2D eigenvalue weighted by Gasteiger charge is 2.44. The predicted octanol–water partition coefficient (Wildman–Crippen LogP) is 6.27. The Kier molecular flexibility index (Phi) is 9.30. The van der Waals surface area contributed by atoms with Crippen LogP contribution in [-0.2, 0) is 28.7 Å². The summed E-state index contributed by atoms with van der Waals surface area (Å²) in [4.78, 5) is 0. The maximum atomic E-state index is 12.2. The highest BCUT2D eigenvalue weighted by atomic mass is 31.1. The minimum atomic E-state index is -2.23. The van der Waals surface area contributed by atoms with Crippen LogP contribution < -0.4 is 9.47 Å². The first kappa shape index (κ1) is 27.2. The molecule has 7 nitrogen and oxygen atoms in total. The highest BCUT2D eigenvalue weighted by molar-refractivity contribution is 7.33. The third kappa shape index (κ3) is 6.20. The normalized spacial score (nSPS) is 20.0. The molecule has 1 unspecified atom stereocenters. The van der Waals surface area contributed by atoms with Gasteiger partial charge in [-0.25, -0.2) is 0 Å². The second-order valence-corrected chi connectivity index (χ2v) is 9.74. The Bertz CT molecular complexity index is 1090. The second-order valence-electron chi connectivity index (χ2n) is 8.82. The van der Waals surface area contributed by atoms with E-state index in [1.54, 1.807) is 21.1 Å². The van der Waals surface area contributed by atoms with Crippen molar-refractivity contribution < 1.29 is 32.6 Å². The van der Waals surface area contributed by atoms with E-state index in [1.165, 1.54) is 0 Å². The molecule has 1 aliphatic heterocycles. The van der Waals surface area contributed by atoms with E-state index in [2.05, 4.69) is 0 Å². The van der Waals surface area contributed by atoms with Crippen molar-refractivity contribution in [1.82, 2.24) is 0 Å². The molecule has 0 bridgehead atoms. The van der Waals surface area contributed by atoms with Crippen molar-refractivity contribution in [2.45, 2.75) is 44.2 Å². The lowest BCUT2D eigenvalue weighted by Gasteiger charge is -2.37. The molecule has 0 N–H and O–H groups in total. The molecule has 0 spiro atoms. The van der Waals surface area contributed by atoms with Crippen LogP contribution >= 0.6 is 8.25 Å². The molecule has 1 heterocycles. The quantitative estimate of drug-likeness (QED) is 0.204. The van der Waals surface area contributed by atoms with Crippen LogP contribution in [0.5, 0.6) is 11.5 Å². The van der Waals surface area contributed by atoms with E-state index in [4.69, 9.17) is 28.0 Å². The predicted molar refractivity (Wildman–Crippen MR) is 141 cm³/mol. The molecule has 8 heteroatoms. The minimum Gasteiger partial charge on any atom is -0.497 e. The smallest absolute Gasteiger partial charge is 0.497 e. The molecule has 196 valence electrons. The van der Waals surface area contributed by atoms with Gasteiger partial charge in [-0.05, 0) is 54.8 Å². The summed E-state index contributed by atoms with van der Waals surface area (Å²) in [6.45, 7) is 4.27. The van der Waals surface area contributed by atoms with Crippen LogP contribution in [0.1, 0.15) is 37.0 Å². The van der Waals surface area contributed by atoms with Crippen LogP contribution in [-0.4, -0.2) is 45.7 Å². The van der Waals surface area contributed by atoms with Crippen molar-refractivity contribution in [3.8, 4) is 11.5 Å². The summed E-state index contributed by atoms with van der Waals surface area (Å²) in [5, 5.41) is 0. The number of ether oxygens (including phenoxy) is 4. The molecule has 3 aromatic carbocycles. The van der Waals surface area contributed by atoms with Gasteiger partial charge in [0, 0.05) is 11.0 Å². The summed E-state index contributed by atoms with van der Waals surface area (Å²) < 4.78 is 47.0. The molecule has 1 aliphatic rings. The van der Waals surface area contributed by atoms with Crippen LogP contribution in [0.25, 0.3) is 0 Å². The molecule has 4 atom stereocenters. The molecule has 0 radical (unpaired) electrons. The van der Waals surface area contributed by atoms with Crippen LogP contribution in [0.4, 0.5) is 0 Å². The fraction of sp³-hybridized carbons (Fsp3) is 0.379. The topological polar surface area (TPSA) is 72.5 Å². The van der Waals surface area contributed by atoms with Crippen LogP contribution in [0, 0.1) is 0 Å². The van der Waals surface area contributed by atoms with Crippen molar-refractivity contribution in [3.63, 3.8) is 0 Å². The maximum Gasteiger partial charge on any atom is 0.697 e. The lowest BCUT2D eigenvalue weighted by molar-refractivity contribution is -0.0769. The highest BCUT2D eigenvalue weighted by Crippen LogP contribution is 2.43. The van der Waals surface area contributed by atoms with Gasteiger partial charge in [-0.3, -0.25) is 0 Å². The lowest BCUT2D eigenvalue weighted by atomic mass is 9.80. The Hall–Kier alpha value is -2.80. The Morgan fingerprint density at radius 2 is 1.41 bits per heavy atom. The van der Waals surface area contributed by atoms with Crippen LogP contribution in [0.3, 0.4) is 0 Å². The number of hydrogen-bond donors (Lipinski definition) is 0. The van der Waals surface area contributed by atoms with Gasteiger partial charge < -0.3 is 18.9 Å². The Labute approximate surface area is 219 Å². The zero-order valence-corrected chi connectivity index (χ0v) is 22.6. The summed E-state index contributed by atoms with van der Waals surface area (Å²) in [5.74, 6) is 1.50. The summed E-state index contributed by atoms with van der Waals surface area (Å²) in [6, 6.07) is 25.8. The van der Waals surface area contributed by atoms with Gasteiger partial charge in [0.2, 0.25) is 0 Å². The van der Waals surface area contributed by atoms with E-state index in [-0.39, 0.29) is 12.7 Å². The van der Waals surface area contributed by atoms with E-state index < -0.39 is 26.1 Å². The van der Waals surface area contributed by atoms with E-state index in [0.717, 1.165) is 28.2 Å². The van der Waals surface area contributed by atoms with Gasteiger partial charge in [0.25, 0.3) is 0 Å². The Morgan fingerprint density at radius 3 is 1.92 bits per heavy atom. The van der Waals surface area contributed by atoms with E-state index in [1.807, 2.05) is 85.8 Å². The molecule has 0 amide bonds. The van der Waals surface area contributed by atoms with Crippen LogP contribution in [0.2, 0.25) is 0 Å². The summed E-state index contributed by atoms with van der Waals surface area (Å²) in [7, 11) is 1.06. The lowest BCUT2D eigenvalue weighted by Crippen LogP contribution is -2.38. The summed E-state index contributed by atoms with van der Waals surface area (Å²) in [6.07, 6.45) is -0.290. The second kappa shape index (κ2) is 12.6. The third-order valence-electron chi connectivity index (χ3n) is 6.48. The first-order valence-corrected chi connectivity index (χ1v) is 13.5. The van der Waals surface area contributed by atoms with Gasteiger partial charge in [0.15, 0.2) is 0 Å². The molecule has 3 aromatic rings. The number of benzene rings is 3. The average molecular weight is 526 g/mol. The Balaban J connectivity index is 1.76. The molecule has 4 rings (SSSR count). The van der Waals surface area contributed by atoms with Crippen molar-refractivity contribution in [2.75, 3.05) is 27.4 Å². The zero-order valence-electron chi connectivity index (χ0n) is 21.7. The van der Waals surface area contributed by atoms with E-state index in [9.17, 15) is 4.57 Å². The summed E-state index contributed by atoms with van der Waals surface area (Å²) in [5.41, 5.74) is 1.83. The largest absolute Gasteiger partial charge is 0.697 e. The minimum absolute atomic E-state index is 0.0586. The maximum absolute atomic E-state index is 12.2. The van der Waals surface area contributed by atoms with Gasteiger partial charge in [0.05, 0.1) is 26.9 Å². The molecule has 0 aliphatic carbocycles. The molecular weight excluding hydrogens is 491 g/mol. The number of rotatable bonds is 12. The van der Waals surface area contributed by atoms with E-state index >= 15 is 0 Å². The molecule has 1 fully saturated rings. The standard InChI is InChI=1S/C29H34O7P/c1-5-34-37(30)36-27-19-21(2)35-28(27)20-33-29(22-9-7-6-8-10-22,23-11-15-25(31-3)16-12-23)24-13-17-26(32-4)18-14-24/h6-18,21,27-28H,5,19-20H2,1-4H3/q+1/t21-,27+,28+/m0/s1. The zero-order chi connectivity index (χ0) is 26.3. The molecule has 37 heavy (non-hydrogen) atoms. The van der Waals surface area contributed by atoms with Gasteiger partial charge in [0.1, 0.15) is 35.9 Å². The van der Waals surface area contributed by atoms with Gasteiger partial charge in [-0.1, -0.05) is 54.6 Å². The first-order chi connectivity index (χ1) is 18.0. The molecule has 0 aromatic heterocycles. The van der Waals surface area contributed by atoms with Gasteiger partial charge >= 0.3 is 8.25 Å². The van der Waals surface area contributed by atoms with E-state index in [0.29, 0.717) is 13.0 Å². The molecule has 0 saturated carbocycles. The first-order valence-electron chi connectivity index (χ1n) is 12.4. The van der Waals surface area contributed by atoms with Gasteiger partial charge in [-0.15, -0.1) is 9.05 Å². The average Bonchev–Trinajstić information content (AvgIpc) is 3.28. The van der Waals surface area contributed by atoms with Crippen molar-refractivity contribution in [1.29, 1.82) is 0 Å². The fourth-order valence-electron chi connectivity index (χ4n) is 4.71. The molecule has 1 saturated heterocycles. The van der Waals surface area contributed by atoms with Gasteiger partial charge in [-0.2, -0.15) is 0 Å². The third-order valence-corrected chi connectivity index (χ3v) is 7.39. The summed E-state index contributed by atoms with van der Waals surface area (Å²) >= 11 is 0. The fourth-order valence-corrected chi connectivity index (χ4v) is 5.42.